The van der Waals surface area contributed by atoms with Gasteiger partial charge in [-0.05, 0) is 63.4 Å². The first-order valence-electron chi connectivity index (χ1n) is 8.58. The van der Waals surface area contributed by atoms with E-state index in [-0.39, 0.29) is 12.4 Å². The van der Waals surface area contributed by atoms with Gasteiger partial charge in [0.25, 0.3) is 0 Å². The van der Waals surface area contributed by atoms with Crippen LogP contribution < -0.4 is 14.8 Å². The van der Waals surface area contributed by atoms with E-state index in [1.165, 1.54) is 12.1 Å². The molecule has 2 aromatic carbocycles. The minimum atomic E-state index is -0.362. The van der Waals surface area contributed by atoms with E-state index in [1.807, 2.05) is 18.2 Å². The van der Waals surface area contributed by atoms with Crippen molar-refractivity contribution < 1.29 is 13.9 Å². The van der Waals surface area contributed by atoms with Crippen LogP contribution in [0, 0.1) is 5.82 Å². The van der Waals surface area contributed by atoms with Crippen molar-refractivity contribution in [2.24, 2.45) is 0 Å². The molecule has 0 aromatic heterocycles. The van der Waals surface area contributed by atoms with Crippen LogP contribution in [0.2, 0.25) is 5.02 Å². The van der Waals surface area contributed by atoms with Crippen molar-refractivity contribution in [2.45, 2.75) is 19.6 Å². The molecule has 2 rings (SSSR count). The number of ether oxygens (including phenoxy) is 2. The van der Waals surface area contributed by atoms with E-state index in [0.717, 1.165) is 37.2 Å². The van der Waals surface area contributed by atoms with Gasteiger partial charge in [0.15, 0.2) is 11.5 Å². The summed E-state index contributed by atoms with van der Waals surface area (Å²) in [7, 11) is 5.76. The molecule has 0 bridgehead atoms. The third-order valence-corrected chi connectivity index (χ3v) is 4.27. The maximum absolute atomic E-state index is 13.1. The molecule has 0 unspecified atom stereocenters. The number of nitrogens with one attached hydrogen (secondary N) is 1. The van der Waals surface area contributed by atoms with Gasteiger partial charge in [-0.1, -0.05) is 23.7 Å². The molecule has 0 aliphatic carbocycles. The summed E-state index contributed by atoms with van der Waals surface area (Å²) in [4.78, 5) is 2.17. The van der Waals surface area contributed by atoms with Gasteiger partial charge in [-0.2, -0.15) is 0 Å². The maximum Gasteiger partial charge on any atom is 0.161 e. The maximum atomic E-state index is 13.1. The third-order valence-electron chi connectivity index (χ3n) is 3.91. The van der Waals surface area contributed by atoms with Crippen molar-refractivity contribution in [3.63, 3.8) is 0 Å². The van der Waals surface area contributed by atoms with Crippen LogP contribution in [-0.2, 0) is 13.2 Å². The Morgan fingerprint density at radius 1 is 1.12 bits per heavy atom. The summed E-state index contributed by atoms with van der Waals surface area (Å²) in [5, 5.41) is 3.77. The van der Waals surface area contributed by atoms with Crippen LogP contribution in [0.5, 0.6) is 11.5 Å². The van der Waals surface area contributed by atoms with Crippen molar-refractivity contribution in [1.82, 2.24) is 10.2 Å². The Kier molecular flexibility index (Phi) is 8.16. The Hall–Kier alpha value is -1.82. The van der Waals surface area contributed by atoms with Crippen LogP contribution in [-0.4, -0.2) is 39.2 Å². The first-order valence-corrected chi connectivity index (χ1v) is 8.96. The standard InChI is InChI=1S/C20H26ClFN2O2/c1-24(2)10-4-9-23-13-15-5-8-19(20(11-15)25-3)26-14-16-6-7-17(22)12-18(16)21/h5-8,11-12,23H,4,9-10,13-14H2,1-3H3. The van der Waals surface area contributed by atoms with Crippen molar-refractivity contribution >= 4 is 11.6 Å². The summed E-state index contributed by atoms with van der Waals surface area (Å²) in [6, 6.07) is 10.1. The van der Waals surface area contributed by atoms with E-state index in [9.17, 15) is 4.39 Å². The van der Waals surface area contributed by atoms with Gasteiger partial charge in [-0.3, -0.25) is 0 Å². The first kappa shape index (κ1) is 20.5. The van der Waals surface area contributed by atoms with E-state index in [4.69, 9.17) is 21.1 Å². The highest BCUT2D eigenvalue weighted by molar-refractivity contribution is 6.31. The highest BCUT2D eigenvalue weighted by atomic mass is 35.5. The molecule has 0 aliphatic heterocycles. The number of halogens is 2. The molecular weight excluding hydrogens is 355 g/mol. The van der Waals surface area contributed by atoms with Gasteiger partial charge in [0, 0.05) is 12.1 Å². The first-order chi connectivity index (χ1) is 12.5. The van der Waals surface area contributed by atoms with Gasteiger partial charge >= 0.3 is 0 Å². The summed E-state index contributed by atoms with van der Waals surface area (Å²) in [6.45, 7) is 3.04. The molecule has 0 amide bonds. The van der Waals surface area contributed by atoms with Crippen molar-refractivity contribution in [1.29, 1.82) is 0 Å². The highest BCUT2D eigenvalue weighted by Crippen LogP contribution is 2.29. The Morgan fingerprint density at radius 2 is 1.92 bits per heavy atom. The fourth-order valence-electron chi connectivity index (χ4n) is 2.49. The minimum absolute atomic E-state index is 0.248. The summed E-state index contributed by atoms with van der Waals surface area (Å²) < 4.78 is 24.3. The number of methoxy groups -OCH3 is 1. The van der Waals surface area contributed by atoms with Gasteiger partial charge in [0.2, 0.25) is 0 Å². The fourth-order valence-corrected chi connectivity index (χ4v) is 2.71. The molecule has 0 aliphatic rings. The quantitative estimate of drug-likeness (QED) is 0.629. The summed E-state index contributed by atoms with van der Waals surface area (Å²) in [5.41, 5.74) is 1.85. The number of hydrogen-bond acceptors (Lipinski definition) is 4. The molecule has 0 atom stereocenters. The molecule has 0 fully saturated rings. The zero-order valence-corrected chi connectivity index (χ0v) is 16.3. The van der Waals surface area contributed by atoms with Gasteiger partial charge < -0.3 is 19.7 Å². The number of benzene rings is 2. The number of hydrogen-bond donors (Lipinski definition) is 1. The molecule has 0 radical (unpaired) electrons. The van der Waals surface area contributed by atoms with Crippen LogP contribution in [0.3, 0.4) is 0 Å². The average Bonchev–Trinajstić information content (AvgIpc) is 2.61. The summed E-state index contributed by atoms with van der Waals surface area (Å²) in [5.74, 6) is 0.929. The smallest absolute Gasteiger partial charge is 0.161 e. The molecule has 0 heterocycles. The third kappa shape index (κ3) is 6.48. The highest BCUT2D eigenvalue weighted by Gasteiger charge is 2.08. The number of nitrogens with zero attached hydrogens (tertiary/aromatic N) is 1. The molecule has 0 saturated carbocycles. The second kappa shape index (κ2) is 10.4. The van der Waals surface area contributed by atoms with Crippen LogP contribution in [0.1, 0.15) is 17.5 Å². The predicted octanol–water partition coefficient (Wildman–Crippen LogP) is 4.11. The molecule has 2 aromatic rings. The Balaban J connectivity index is 1.91. The van der Waals surface area contributed by atoms with Crippen LogP contribution in [0.15, 0.2) is 36.4 Å². The number of rotatable bonds is 10. The van der Waals surface area contributed by atoms with Crippen molar-refractivity contribution in [2.75, 3.05) is 34.3 Å². The zero-order valence-electron chi connectivity index (χ0n) is 15.5. The lowest BCUT2D eigenvalue weighted by Crippen LogP contribution is -2.21. The van der Waals surface area contributed by atoms with Crippen LogP contribution >= 0.6 is 11.6 Å². The predicted molar refractivity (Wildman–Crippen MR) is 104 cm³/mol. The Bertz CT molecular complexity index is 710. The lowest BCUT2D eigenvalue weighted by atomic mass is 10.2. The van der Waals surface area contributed by atoms with Gasteiger partial charge in [-0.25, -0.2) is 4.39 Å². The van der Waals surface area contributed by atoms with E-state index < -0.39 is 0 Å². The molecule has 1 N–H and O–H groups in total. The summed E-state index contributed by atoms with van der Waals surface area (Å²) in [6.07, 6.45) is 1.10. The van der Waals surface area contributed by atoms with Crippen molar-refractivity contribution in [3.05, 3.63) is 58.4 Å². The molecule has 26 heavy (non-hydrogen) atoms. The van der Waals surface area contributed by atoms with Crippen molar-refractivity contribution in [3.8, 4) is 11.5 Å². The molecular formula is C20H26ClFN2O2. The second-order valence-electron chi connectivity index (χ2n) is 6.34. The lowest BCUT2D eigenvalue weighted by molar-refractivity contribution is 0.284. The minimum Gasteiger partial charge on any atom is -0.493 e. The molecule has 0 spiro atoms. The average molecular weight is 381 g/mol. The molecule has 6 heteroatoms. The Morgan fingerprint density at radius 3 is 2.62 bits per heavy atom. The van der Waals surface area contributed by atoms with Crippen LogP contribution in [0.25, 0.3) is 0 Å². The zero-order chi connectivity index (χ0) is 18.9. The van der Waals surface area contributed by atoms with E-state index in [1.54, 1.807) is 13.2 Å². The van der Waals surface area contributed by atoms with E-state index in [0.29, 0.717) is 16.5 Å². The summed E-state index contributed by atoms with van der Waals surface area (Å²) >= 11 is 6.03. The van der Waals surface area contributed by atoms with Gasteiger partial charge in [0.1, 0.15) is 12.4 Å². The van der Waals surface area contributed by atoms with Gasteiger partial charge in [0.05, 0.1) is 12.1 Å². The SMILES string of the molecule is COc1cc(CNCCCN(C)C)ccc1OCc1ccc(F)cc1Cl. The van der Waals surface area contributed by atoms with E-state index in [2.05, 4.69) is 24.3 Å². The normalized spacial score (nSPS) is 11.0. The van der Waals surface area contributed by atoms with Crippen LogP contribution in [0.4, 0.5) is 4.39 Å². The molecule has 142 valence electrons. The molecule has 4 nitrogen and oxygen atoms in total. The Labute approximate surface area is 159 Å². The van der Waals surface area contributed by atoms with Gasteiger partial charge in [-0.15, -0.1) is 0 Å². The second-order valence-corrected chi connectivity index (χ2v) is 6.75. The monoisotopic (exact) mass is 380 g/mol. The molecule has 0 saturated heterocycles. The van der Waals surface area contributed by atoms with E-state index >= 15 is 0 Å². The lowest BCUT2D eigenvalue weighted by Gasteiger charge is -2.14. The fraction of sp³-hybridized carbons (Fsp3) is 0.400. The topological polar surface area (TPSA) is 33.7 Å². The largest absolute Gasteiger partial charge is 0.493 e.